The molecule has 0 amide bonds. The minimum Gasteiger partial charge on any atom is -0.373 e. The van der Waals surface area contributed by atoms with Gasteiger partial charge in [0.1, 0.15) is 0 Å². The van der Waals surface area contributed by atoms with Gasteiger partial charge < -0.3 is 9.47 Å². The number of rotatable bonds is 9. The topological polar surface area (TPSA) is 18.5 Å². The van der Waals surface area contributed by atoms with Gasteiger partial charge in [-0.15, -0.1) is 0 Å². The molecule has 0 aliphatic heterocycles. The summed E-state index contributed by atoms with van der Waals surface area (Å²) in [5.74, 6) is 0. The summed E-state index contributed by atoms with van der Waals surface area (Å²) in [5.41, 5.74) is 0.0848. The minimum absolute atomic E-state index is 0.129. The standard InChI is InChI=1S/C18H38O2/c1-11-15(3,4)17(7,8)19-13-14-20-18(9,10)16(5,6)12-2/h11-14H2,1-10H3. The summed E-state index contributed by atoms with van der Waals surface area (Å²) in [6, 6.07) is 0. The summed E-state index contributed by atoms with van der Waals surface area (Å²) in [4.78, 5) is 0. The molecule has 0 saturated carbocycles. The van der Waals surface area contributed by atoms with Crippen molar-refractivity contribution in [3.63, 3.8) is 0 Å². The lowest BCUT2D eigenvalue weighted by molar-refractivity contribution is -0.149. The Bertz CT molecular complexity index is 258. The van der Waals surface area contributed by atoms with Gasteiger partial charge in [0.25, 0.3) is 0 Å². The van der Waals surface area contributed by atoms with Crippen LogP contribution in [-0.2, 0) is 9.47 Å². The zero-order valence-electron chi connectivity index (χ0n) is 15.6. The molecule has 0 bridgehead atoms. The van der Waals surface area contributed by atoms with Crippen LogP contribution in [0, 0.1) is 10.8 Å². The highest BCUT2D eigenvalue weighted by atomic mass is 16.5. The largest absolute Gasteiger partial charge is 0.373 e. The monoisotopic (exact) mass is 286 g/mol. The van der Waals surface area contributed by atoms with E-state index in [0.717, 1.165) is 12.8 Å². The van der Waals surface area contributed by atoms with Crippen molar-refractivity contribution in [2.24, 2.45) is 10.8 Å². The zero-order chi connectivity index (χ0) is 16.2. The first-order valence-electron chi connectivity index (χ1n) is 8.11. The van der Waals surface area contributed by atoms with E-state index in [1.54, 1.807) is 0 Å². The molecular weight excluding hydrogens is 248 g/mol. The van der Waals surface area contributed by atoms with Crippen LogP contribution in [-0.4, -0.2) is 24.4 Å². The van der Waals surface area contributed by atoms with Crippen LogP contribution < -0.4 is 0 Å². The molecular formula is C18H38O2. The molecule has 0 heterocycles. The Kier molecular flexibility index (Phi) is 6.76. The maximum Gasteiger partial charge on any atom is 0.0708 e. The van der Waals surface area contributed by atoms with Crippen molar-refractivity contribution in [1.29, 1.82) is 0 Å². The first-order chi connectivity index (χ1) is 8.83. The van der Waals surface area contributed by atoms with E-state index in [1.807, 2.05) is 0 Å². The van der Waals surface area contributed by atoms with Crippen LogP contribution in [0.5, 0.6) is 0 Å². The second kappa shape index (κ2) is 6.79. The first kappa shape index (κ1) is 19.9. The molecule has 0 aliphatic rings. The van der Waals surface area contributed by atoms with Crippen molar-refractivity contribution in [1.82, 2.24) is 0 Å². The van der Waals surface area contributed by atoms with E-state index in [1.165, 1.54) is 0 Å². The SMILES string of the molecule is CCC(C)(C)C(C)(C)OCCOC(C)(C)C(C)(C)CC. The molecule has 2 heteroatoms. The highest BCUT2D eigenvalue weighted by molar-refractivity contribution is 4.88. The average Bonchev–Trinajstić information content (AvgIpc) is 2.34. The Hall–Kier alpha value is -0.0800. The van der Waals surface area contributed by atoms with Gasteiger partial charge in [0.2, 0.25) is 0 Å². The number of hydrogen-bond donors (Lipinski definition) is 0. The van der Waals surface area contributed by atoms with Gasteiger partial charge in [0.15, 0.2) is 0 Å². The van der Waals surface area contributed by atoms with E-state index < -0.39 is 0 Å². The maximum absolute atomic E-state index is 6.10. The van der Waals surface area contributed by atoms with Gasteiger partial charge in [0, 0.05) is 0 Å². The van der Waals surface area contributed by atoms with Crippen LogP contribution in [0.2, 0.25) is 0 Å². The molecule has 0 rings (SSSR count). The predicted octanol–water partition coefficient (Wildman–Crippen LogP) is 5.45. The first-order valence-corrected chi connectivity index (χ1v) is 8.11. The van der Waals surface area contributed by atoms with Crippen LogP contribution >= 0.6 is 0 Å². The van der Waals surface area contributed by atoms with Gasteiger partial charge in [0.05, 0.1) is 24.4 Å². The third-order valence-electron chi connectivity index (χ3n) is 6.04. The quantitative estimate of drug-likeness (QED) is 0.525. The summed E-state index contributed by atoms with van der Waals surface area (Å²) in [5, 5.41) is 0. The summed E-state index contributed by atoms with van der Waals surface area (Å²) in [7, 11) is 0. The second-order valence-electron chi connectivity index (χ2n) is 8.19. The lowest BCUT2D eigenvalue weighted by atomic mass is 9.75. The van der Waals surface area contributed by atoms with Gasteiger partial charge >= 0.3 is 0 Å². The molecule has 0 aromatic carbocycles. The van der Waals surface area contributed by atoms with E-state index >= 15 is 0 Å². The Morgan fingerprint density at radius 2 is 0.800 bits per heavy atom. The molecule has 0 fully saturated rings. The fourth-order valence-electron chi connectivity index (χ4n) is 1.84. The highest BCUT2D eigenvalue weighted by Gasteiger charge is 2.38. The molecule has 0 atom stereocenters. The fourth-order valence-corrected chi connectivity index (χ4v) is 1.84. The summed E-state index contributed by atoms with van der Waals surface area (Å²) in [6.07, 6.45) is 2.21. The van der Waals surface area contributed by atoms with Gasteiger partial charge in [-0.2, -0.15) is 0 Å². The summed E-state index contributed by atoms with van der Waals surface area (Å²) >= 11 is 0. The van der Waals surface area contributed by atoms with E-state index in [4.69, 9.17) is 9.47 Å². The van der Waals surface area contributed by atoms with Gasteiger partial charge in [-0.05, 0) is 51.4 Å². The van der Waals surface area contributed by atoms with Crippen LogP contribution in [0.15, 0.2) is 0 Å². The molecule has 0 aliphatic carbocycles. The smallest absolute Gasteiger partial charge is 0.0708 e. The molecule has 0 radical (unpaired) electrons. The third-order valence-corrected chi connectivity index (χ3v) is 6.04. The third kappa shape index (κ3) is 4.73. The Morgan fingerprint density at radius 3 is 1.00 bits per heavy atom. The Balaban J connectivity index is 4.35. The van der Waals surface area contributed by atoms with Crippen LogP contribution in [0.4, 0.5) is 0 Å². The molecule has 0 aromatic heterocycles. The van der Waals surface area contributed by atoms with Crippen LogP contribution in [0.3, 0.4) is 0 Å². The molecule has 2 nitrogen and oxygen atoms in total. The molecule has 0 saturated heterocycles. The molecule has 122 valence electrons. The summed E-state index contributed by atoms with van der Waals surface area (Å²) in [6.45, 7) is 23.5. The van der Waals surface area contributed by atoms with E-state index in [9.17, 15) is 0 Å². The van der Waals surface area contributed by atoms with E-state index in [-0.39, 0.29) is 22.0 Å². The van der Waals surface area contributed by atoms with E-state index in [0.29, 0.717) is 13.2 Å². The van der Waals surface area contributed by atoms with E-state index in [2.05, 4.69) is 69.2 Å². The highest BCUT2D eigenvalue weighted by Crippen LogP contribution is 2.38. The van der Waals surface area contributed by atoms with Crippen molar-refractivity contribution in [2.45, 2.75) is 93.3 Å². The van der Waals surface area contributed by atoms with Crippen LogP contribution in [0.1, 0.15) is 82.1 Å². The van der Waals surface area contributed by atoms with Crippen LogP contribution in [0.25, 0.3) is 0 Å². The predicted molar refractivity (Wildman–Crippen MR) is 88.2 cm³/mol. The van der Waals surface area contributed by atoms with Crippen molar-refractivity contribution in [3.8, 4) is 0 Å². The van der Waals surface area contributed by atoms with Crippen molar-refractivity contribution in [2.75, 3.05) is 13.2 Å². The average molecular weight is 286 g/mol. The molecule has 0 aromatic rings. The second-order valence-corrected chi connectivity index (χ2v) is 8.19. The van der Waals surface area contributed by atoms with Gasteiger partial charge in [-0.1, -0.05) is 41.5 Å². The normalized spacial score (nSPS) is 14.7. The molecule has 0 unspecified atom stereocenters. The van der Waals surface area contributed by atoms with Crippen molar-refractivity contribution >= 4 is 0 Å². The molecule has 0 N–H and O–H groups in total. The lowest BCUT2D eigenvalue weighted by Crippen LogP contribution is -2.44. The van der Waals surface area contributed by atoms with Crippen molar-refractivity contribution < 1.29 is 9.47 Å². The zero-order valence-corrected chi connectivity index (χ0v) is 15.6. The van der Waals surface area contributed by atoms with Crippen molar-refractivity contribution in [3.05, 3.63) is 0 Å². The number of hydrogen-bond acceptors (Lipinski definition) is 2. The van der Waals surface area contributed by atoms with Gasteiger partial charge in [-0.25, -0.2) is 0 Å². The Labute approximate surface area is 127 Å². The molecule has 0 spiro atoms. The summed E-state index contributed by atoms with van der Waals surface area (Å²) < 4.78 is 12.2. The Morgan fingerprint density at radius 1 is 0.550 bits per heavy atom. The van der Waals surface area contributed by atoms with Gasteiger partial charge in [-0.3, -0.25) is 0 Å². The lowest BCUT2D eigenvalue weighted by Gasteiger charge is -2.43. The fraction of sp³-hybridized carbons (Fsp3) is 1.00. The maximum atomic E-state index is 6.10. The minimum atomic E-state index is -0.129. The number of ether oxygens (including phenoxy) is 2. The molecule has 20 heavy (non-hydrogen) atoms.